The van der Waals surface area contributed by atoms with E-state index in [-0.39, 0.29) is 17.4 Å². The first-order chi connectivity index (χ1) is 14.6. The number of hydrogen-bond acceptors (Lipinski definition) is 3. The van der Waals surface area contributed by atoms with Gasteiger partial charge in [-0.15, -0.1) is 11.8 Å². The van der Waals surface area contributed by atoms with Gasteiger partial charge in [0, 0.05) is 23.4 Å². The van der Waals surface area contributed by atoms with Crippen LogP contribution >= 0.6 is 11.8 Å². The highest BCUT2D eigenvalue weighted by molar-refractivity contribution is 8.01. The lowest BCUT2D eigenvalue weighted by Crippen LogP contribution is -2.50. The Morgan fingerprint density at radius 2 is 1.77 bits per heavy atom. The molecule has 2 aliphatic heterocycles. The smallest absolute Gasteiger partial charge is 0.268 e. The molecule has 1 spiro atoms. The van der Waals surface area contributed by atoms with Crippen molar-refractivity contribution in [3.05, 3.63) is 101 Å². The molecule has 3 aromatic carbocycles. The molecular formula is C24H19FN2O2S. The van der Waals surface area contributed by atoms with Crippen LogP contribution in [0.1, 0.15) is 21.5 Å². The van der Waals surface area contributed by atoms with E-state index in [2.05, 4.69) is 0 Å². The standard InChI is InChI=1S/C24H19FN2O2S/c25-19-10-6-9-18(15-19)22(28)27-13-14-30-24(27)20-11-4-5-12-21(20)26(23(24)29)16-17-7-2-1-3-8-17/h1-12,15H,13-14,16H2. The van der Waals surface area contributed by atoms with Crippen LogP contribution in [0.2, 0.25) is 0 Å². The molecule has 0 N–H and O–H groups in total. The van der Waals surface area contributed by atoms with E-state index in [1.807, 2.05) is 54.6 Å². The van der Waals surface area contributed by atoms with Crippen molar-refractivity contribution in [3.63, 3.8) is 0 Å². The third-order valence-electron chi connectivity index (χ3n) is 5.60. The molecule has 3 aromatic rings. The number of amides is 2. The predicted octanol–water partition coefficient (Wildman–Crippen LogP) is 4.41. The lowest BCUT2D eigenvalue weighted by Gasteiger charge is -2.33. The normalized spacial score (nSPS) is 20.1. The molecule has 0 radical (unpaired) electrons. The average molecular weight is 418 g/mol. The van der Waals surface area contributed by atoms with Gasteiger partial charge in [0.25, 0.3) is 11.8 Å². The summed E-state index contributed by atoms with van der Waals surface area (Å²) in [6.45, 7) is 0.861. The fourth-order valence-electron chi connectivity index (χ4n) is 4.27. The maximum atomic E-state index is 13.8. The molecule has 1 saturated heterocycles. The summed E-state index contributed by atoms with van der Waals surface area (Å²) in [5.41, 5.74) is 2.91. The van der Waals surface area contributed by atoms with E-state index in [0.29, 0.717) is 18.8 Å². The monoisotopic (exact) mass is 418 g/mol. The second kappa shape index (κ2) is 7.29. The molecule has 0 aromatic heterocycles. The topological polar surface area (TPSA) is 40.6 Å². The van der Waals surface area contributed by atoms with Crippen molar-refractivity contribution in [2.24, 2.45) is 0 Å². The van der Waals surface area contributed by atoms with Crippen molar-refractivity contribution in [2.45, 2.75) is 11.4 Å². The van der Waals surface area contributed by atoms with Crippen molar-refractivity contribution >= 4 is 29.3 Å². The molecule has 0 aliphatic carbocycles. The van der Waals surface area contributed by atoms with Crippen molar-refractivity contribution in [3.8, 4) is 0 Å². The fourth-order valence-corrected chi connectivity index (χ4v) is 5.73. The molecule has 5 rings (SSSR count). The van der Waals surface area contributed by atoms with E-state index >= 15 is 0 Å². The van der Waals surface area contributed by atoms with Crippen LogP contribution in [0, 0.1) is 5.82 Å². The zero-order valence-electron chi connectivity index (χ0n) is 16.1. The highest BCUT2D eigenvalue weighted by Gasteiger charge is 2.59. The SMILES string of the molecule is O=C(c1cccc(F)c1)N1CCSC12C(=O)N(Cc1ccccc1)c1ccccc12. The first-order valence-corrected chi connectivity index (χ1v) is 10.8. The Kier molecular flexibility index (Phi) is 4.59. The Balaban J connectivity index is 1.58. The van der Waals surface area contributed by atoms with Gasteiger partial charge in [-0.3, -0.25) is 9.59 Å². The zero-order valence-corrected chi connectivity index (χ0v) is 16.9. The Morgan fingerprint density at radius 1 is 1.00 bits per heavy atom. The van der Waals surface area contributed by atoms with E-state index in [1.54, 1.807) is 15.9 Å². The highest BCUT2D eigenvalue weighted by atomic mass is 32.2. The van der Waals surface area contributed by atoms with Gasteiger partial charge in [0.2, 0.25) is 0 Å². The summed E-state index contributed by atoms with van der Waals surface area (Å²) < 4.78 is 13.8. The summed E-state index contributed by atoms with van der Waals surface area (Å²) in [5, 5.41) is 0. The number of fused-ring (bicyclic) bond motifs is 2. The molecule has 1 fully saturated rings. The van der Waals surface area contributed by atoms with Gasteiger partial charge in [0.1, 0.15) is 5.82 Å². The van der Waals surface area contributed by atoms with Gasteiger partial charge in [0.15, 0.2) is 4.87 Å². The van der Waals surface area contributed by atoms with E-state index in [9.17, 15) is 14.0 Å². The number of thioether (sulfide) groups is 1. The molecule has 30 heavy (non-hydrogen) atoms. The Hall–Kier alpha value is -3.12. The minimum Gasteiger partial charge on any atom is -0.311 e. The quantitative estimate of drug-likeness (QED) is 0.633. The van der Waals surface area contributed by atoms with Crippen molar-refractivity contribution in [1.82, 2.24) is 4.90 Å². The van der Waals surface area contributed by atoms with Crippen LogP contribution in [-0.2, 0) is 16.2 Å². The van der Waals surface area contributed by atoms with Gasteiger partial charge in [-0.25, -0.2) is 4.39 Å². The van der Waals surface area contributed by atoms with Crippen molar-refractivity contribution < 1.29 is 14.0 Å². The summed E-state index contributed by atoms with van der Waals surface area (Å²) in [7, 11) is 0. The summed E-state index contributed by atoms with van der Waals surface area (Å²) in [6.07, 6.45) is 0. The molecule has 0 bridgehead atoms. The molecule has 2 aliphatic rings. The minimum atomic E-state index is -1.12. The summed E-state index contributed by atoms with van der Waals surface area (Å²) >= 11 is 1.47. The predicted molar refractivity (Wildman–Crippen MR) is 116 cm³/mol. The van der Waals surface area contributed by atoms with E-state index in [0.717, 1.165) is 16.8 Å². The number of para-hydroxylation sites is 1. The number of carbonyl (C=O) groups is 2. The van der Waals surface area contributed by atoms with Gasteiger partial charge in [-0.1, -0.05) is 54.6 Å². The summed E-state index contributed by atoms with van der Waals surface area (Å²) in [6, 6.07) is 23.1. The average Bonchev–Trinajstić information content (AvgIpc) is 3.31. The summed E-state index contributed by atoms with van der Waals surface area (Å²) in [5.74, 6) is -0.282. The molecular weight excluding hydrogens is 399 g/mol. The molecule has 1 atom stereocenters. The van der Waals surface area contributed by atoms with E-state index < -0.39 is 10.7 Å². The van der Waals surface area contributed by atoms with Gasteiger partial charge >= 0.3 is 0 Å². The van der Waals surface area contributed by atoms with Crippen LogP contribution in [0.4, 0.5) is 10.1 Å². The van der Waals surface area contributed by atoms with Gasteiger partial charge in [-0.05, 0) is 29.8 Å². The van der Waals surface area contributed by atoms with Gasteiger partial charge in [-0.2, -0.15) is 0 Å². The van der Waals surface area contributed by atoms with Crippen LogP contribution in [0.15, 0.2) is 78.9 Å². The van der Waals surface area contributed by atoms with Crippen LogP contribution in [0.3, 0.4) is 0 Å². The minimum absolute atomic E-state index is 0.125. The third-order valence-corrected chi connectivity index (χ3v) is 7.02. The third kappa shape index (κ3) is 2.82. The first kappa shape index (κ1) is 18.9. The summed E-state index contributed by atoms with van der Waals surface area (Å²) in [4.78, 5) is 29.4. The number of anilines is 1. The maximum absolute atomic E-state index is 13.8. The highest BCUT2D eigenvalue weighted by Crippen LogP contribution is 2.54. The van der Waals surface area contributed by atoms with Gasteiger partial charge < -0.3 is 9.80 Å². The van der Waals surface area contributed by atoms with Crippen LogP contribution in [-0.4, -0.2) is 29.0 Å². The molecule has 1 unspecified atom stereocenters. The first-order valence-electron chi connectivity index (χ1n) is 9.78. The number of hydrogen-bond donors (Lipinski definition) is 0. The second-order valence-electron chi connectivity index (χ2n) is 7.35. The number of halogens is 1. The Morgan fingerprint density at radius 3 is 2.57 bits per heavy atom. The number of rotatable bonds is 3. The Bertz CT molecular complexity index is 1140. The number of nitrogens with zero attached hydrogens (tertiary/aromatic N) is 2. The number of carbonyl (C=O) groups excluding carboxylic acids is 2. The second-order valence-corrected chi connectivity index (χ2v) is 8.64. The molecule has 2 heterocycles. The largest absolute Gasteiger partial charge is 0.311 e. The molecule has 4 nitrogen and oxygen atoms in total. The van der Waals surface area contributed by atoms with E-state index in [4.69, 9.17) is 0 Å². The van der Waals surface area contributed by atoms with Crippen LogP contribution in [0.25, 0.3) is 0 Å². The Labute approximate surface area is 178 Å². The lowest BCUT2D eigenvalue weighted by atomic mass is 10.0. The molecule has 2 amide bonds. The fraction of sp³-hybridized carbons (Fsp3) is 0.167. The van der Waals surface area contributed by atoms with Crippen molar-refractivity contribution in [2.75, 3.05) is 17.2 Å². The molecule has 0 saturated carbocycles. The lowest BCUT2D eigenvalue weighted by molar-refractivity contribution is -0.123. The molecule has 150 valence electrons. The van der Waals surface area contributed by atoms with Crippen LogP contribution in [0.5, 0.6) is 0 Å². The number of benzene rings is 3. The molecule has 6 heteroatoms. The van der Waals surface area contributed by atoms with Crippen molar-refractivity contribution in [1.29, 1.82) is 0 Å². The van der Waals surface area contributed by atoms with Crippen LogP contribution < -0.4 is 4.90 Å². The maximum Gasteiger partial charge on any atom is 0.268 e. The van der Waals surface area contributed by atoms with Gasteiger partial charge in [0.05, 0.1) is 12.2 Å². The van der Waals surface area contributed by atoms with E-state index in [1.165, 1.54) is 30.0 Å². The zero-order chi connectivity index (χ0) is 20.7.